The third-order valence-electron chi connectivity index (χ3n) is 10.8. The predicted octanol–water partition coefficient (Wildman–Crippen LogP) is 14.9. The molecule has 0 aromatic carbocycles. The van der Waals surface area contributed by atoms with Gasteiger partial charge in [-0.3, -0.25) is 9.59 Å². The fourth-order valence-electron chi connectivity index (χ4n) is 6.58. The number of ether oxygens (including phenoxy) is 4. The number of hydrogen-bond donors (Lipinski definition) is 0. The molecule has 0 aromatic heterocycles. The van der Waals surface area contributed by atoms with Gasteiger partial charge >= 0.3 is 11.9 Å². The van der Waals surface area contributed by atoms with E-state index >= 15 is 0 Å². The fraction of sp³-hybridized carbons (Fsp3) is 0.547. The molecule has 0 aliphatic carbocycles. The number of quaternary nitrogens is 1. The van der Waals surface area contributed by atoms with E-state index in [-0.39, 0.29) is 32.7 Å². The van der Waals surface area contributed by atoms with E-state index in [0.29, 0.717) is 23.9 Å². The lowest BCUT2D eigenvalue weighted by molar-refractivity contribution is -0.870. The molecule has 0 aliphatic heterocycles. The number of unbranched alkanes of at least 4 members (excludes halogenated alkanes) is 7. The van der Waals surface area contributed by atoms with Gasteiger partial charge < -0.3 is 33.3 Å². The normalized spacial score (nSPS) is 14.0. The molecule has 0 saturated heterocycles. The average molecular weight is 1010 g/mol. The molecule has 0 N–H and O–H groups in total. The van der Waals surface area contributed by atoms with Gasteiger partial charge in [0, 0.05) is 12.8 Å². The number of carbonyl (C=O) groups is 3. The second-order valence-electron chi connectivity index (χ2n) is 18.8. The molecule has 0 spiro atoms. The monoisotopic (exact) mass is 1010 g/mol. The van der Waals surface area contributed by atoms with Gasteiger partial charge in [0.05, 0.1) is 40.3 Å². The second-order valence-corrected chi connectivity index (χ2v) is 18.8. The number of carbonyl (C=O) groups excluding carboxylic acids is 3. The second kappa shape index (κ2) is 53.2. The van der Waals surface area contributed by atoms with Crippen molar-refractivity contribution in [1.82, 2.24) is 0 Å². The maximum absolute atomic E-state index is 12.8. The number of esters is 2. The van der Waals surface area contributed by atoms with Crippen molar-refractivity contribution in [3.63, 3.8) is 0 Å². The Hall–Kier alpha value is -5.09. The molecule has 9 heteroatoms. The lowest BCUT2D eigenvalue weighted by Gasteiger charge is -2.26. The first-order valence-corrected chi connectivity index (χ1v) is 27.6. The van der Waals surface area contributed by atoms with Gasteiger partial charge in [0.15, 0.2) is 12.4 Å². The summed E-state index contributed by atoms with van der Waals surface area (Å²) in [5, 5.41) is 11.8. The van der Waals surface area contributed by atoms with Crippen LogP contribution in [0.4, 0.5) is 0 Å². The van der Waals surface area contributed by atoms with Crippen molar-refractivity contribution in [2.75, 3.05) is 47.5 Å². The minimum atomic E-state index is -1.65. The molecule has 2 unspecified atom stereocenters. The minimum absolute atomic E-state index is 0.126. The first-order valence-electron chi connectivity index (χ1n) is 27.6. The molecule has 0 amide bonds. The number of likely N-dealkylation sites (N-methyl/N-ethyl adjacent to an activating group) is 1. The highest BCUT2D eigenvalue weighted by Gasteiger charge is 2.21. The molecule has 0 aromatic rings. The molecule has 408 valence electrons. The van der Waals surface area contributed by atoms with Crippen molar-refractivity contribution in [2.45, 2.75) is 180 Å². The topological polar surface area (TPSA) is 111 Å². The van der Waals surface area contributed by atoms with E-state index in [4.69, 9.17) is 18.9 Å². The highest BCUT2D eigenvalue weighted by Crippen LogP contribution is 2.12. The molecular weight excluding hydrogens is 911 g/mol. The summed E-state index contributed by atoms with van der Waals surface area (Å²) < 4.78 is 22.6. The molecule has 0 fully saturated rings. The summed E-state index contributed by atoms with van der Waals surface area (Å²) in [4.78, 5) is 37.2. The van der Waals surface area contributed by atoms with Crippen molar-refractivity contribution in [3.05, 3.63) is 158 Å². The average Bonchev–Trinajstić information content (AvgIpc) is 3.36. The number of hydrogen-bond acceptors (Lipinski definition) is 8. The van der Waals surface area contributed by atoms with Gasteiger partial charge in [-0.15, -0.1) is 0 Å². The van der Waals surface area contributed by atoms with Crippen LogP contribution in [0.5, 0.6) is 0 Å². The molecule has 0 bridgehead atoms. The predicted molar refractivity (Wildman–Crippen MR) is 305 cm³/mol. The van der Waals surface area contributed by atoms with E-state index in [9.17, 15) is 19.5 Å². The van der Waals surface area contributed by atoms with Crippen molar-refractivity contribution in [1.29, 1.82) is 0 Å². The smallest absolute Gasteiger partial charge is 0.306 e. The molecule has 0 radical (unpaired) electrons. The van der Waals surface area contributed by atoms with Crippen molar-refractivity contribution < 1.29 is 42.9 Å². The number of nitrogens with zero attached hydrogens (tertiary/aromatic N) is 1. The van der Waals surface area contributed by atoms with Crippen LogP contribution in [0.1, 0.15) is 168 Å². The number of carboxylic acids is 1. The van der Waals surface area contributed by atoms with E-state index in [1.807, 2.05) is 21.1 Å². The van der Waals surface area contributed by atoms with Crippen LogP contribution in [-0.2, 0) is 33.3 Å². The van der Waals surface area contributed by atoms with E-state index < -0.39 is 30.3 Å². The summed E-state index contributed by atoms with van der Waals surface area (Å²) in [5.74, 6) is -2.41. The SMILES string of the molecule is CC/C=C\C/C=C\C/C=C\C/C=C\C/C=C\C/C=C\C/C=C\C/C=C\CCCCCCCCC(=O)OC(COC(=O)CCC/C=C\C/C=C\C/C=C\C/C=C\C/C=C\CC)COC(OCC[N+](C)(C)C)C(=O)[O-]. The van der Waals surface area contributed by atoms with E-state index in [2.05, 4.69) is 172 Å². The molecule has 0 heterocycles. The zero-order valence-electron chi connectivity index (χ0n) is 46.2. The minimum Gasteiger partial charge on any atom is -0.545 e. The number of allylic oxidation sites excluding steroid dienone is 26. The summed E-state index contributed by atoms with van der Waals surface area (Å²) in [5.41, 5.74) is 0. The Balaban J connectivity index is 4.40. The number of rotatable bonds is 48. The van der Waals surface area contributed by atoms with Gasteiger partial charge in [-0.05, 0) is 116 Å². The van der Waals surface area contributed by atoms with Crippen molar-refractivity contribution in [2.24, 2.45) is 0 Å². The van der Waals surface area contributed by atoms with Crippen LogP contribution >= 0.6 is 0 Å². The van der Waals surface area contributed by atoms with E-state index in [1.165, 1.54) is 0 Å². The highest BCUT2D eigenvalue weighted by atomic mass is 16.7. The Morgan fingerprint density at radius 3 is 1.14 bits per heavy atom. The van der Waals surface area contributed by atoms with Crippen molar-refractivity contribution >= 4 is 17.9 Å². The van der Waals surface area contributed by atoms with Crippen LogP contribution in [0.2, 0.25) is 0 Å². The molecule has 0 rings (SSSR count). The quantitative estimate of drug-likeness (QED) is 0.0195. The molecule has 2 atom stereocenters. The third-order valence-corrected chi connectivity index (χ3v) is 10.8. The maximum Gasteiger partial charge on any atom is 0.306 e. The Labute approximate surface area is 444 Å². The van der Waals surface area contributed by atoms with Gasteiger partial charge in [-0.25, -0.2) is 0 Å². The molecule has 9 nitrogen and oxygen atoms in total. The largest absolute Gasteiger partial charge is 0.545 e. The maximum atomic E-state index is 12.8. The van der Waals surface area contributed by atoms with Crippen LogP contribution in [-0.4, -0.2) is 82.3 Å². The molecular formula is C64H99NO8. The van der Waals surface area contributed by atoms with Crippen LogP contribution < -0.4 is 5.11 Å². The van der Waals surface area contributed by atoms with Gasteiger partial charge in [-0.1, -0.05) is 198 Å². The van der Waals surface area contributed by atoms with E-state index in [0.717, 1.165) is 128 Å². The lowest BCUT2D eigenvalue weighted by atomic mass is 10.1. The first kappa shape index (κ1) is 67.9. The highest BCUT2D eigenvalue weighted by molar-refractivity contribution is 5.70. The number of aliphatic carboxylic acids is 1. The Morgan fingerprint density at radius 2 is 0.753 bits per heavy atom. The van der Waals surface area contributed by atoms with E-state index in [1.54, 1.807) is 0 Å². The van der Waals surface area contributed by atoms with Crippen LogP contribution in [0.25, 0.3) is 0 Å². The number of carboxylic acid groups (broad SMARTS) is 1. The summed E-state index contributed by atoms with van der Waals surface area (Å²) in [6.45, 7) is 4.39. The lowest BCUT2D eigenvalue weighted by Crippen LogP contribution is -2.44. The molecule has 0 saturated carbocycles. The third kappa shape index (κ3) is 54.5. The van der Waals surface area contributed by atoms with Gasteiger partial charge in [0.25, 0.3) is 0 Å². The molecule has 0 aliphatic rings. The van der Waals surface area contributed by atoms with Gasteiger partial charge in [0.1, 0.15) is 13.2 Å². The fourth-order valence-corrected chi connectivity index (χ4v) is 6.58. The van der Waals surface area contributed by atoms with Crippen molar-refractivity contribution in [3.8, 4) is 0 Å². The zero-order valence-corrected chi connectivity index (χ0v) is 46.2. The Kier molecular flexibility index (Phi) is 49.5. The Morgan fingerprint density at radius 1 is 0.411 bits per heavy atom. The standard InChI is InChI=1S/C64H99NO8/c1-6-8-10-12-14-16-18-20-22-24-25-26-27-28-29-30-31-32-33-34-35-36-37-39-41-43-45-47-49-51-53-55-62(67)73-60(59-72-64(63(68)69)70-57-56-65(3,4)5)58-71-61(66)54-52-50-48-46-44-42-40-38-23-21-19-17-15-13-11-9-7-2/h8-11,14-17,20-23,25-26,28-29,31-32,34-35,37,39-40,42,46,48,60,64H,6-7,12-13,18-19,24,27,30,33,36,38,41,43-45,47,49-59H2,1-5H3/b10-8-,11-9-,16-14-,17-15-,22-20-,23-21-,26-25-,29-28-,32-31-,35-34-,39-37-,42-40-,48-46-. The van der Waals surface area contributed by atoms with Crippen LogP contribution in [0.15, 0.2) is 158 Å². The summed E-state index contributed by atoms with van der Waals surface area (Å²) >= 11 is 0. The van der Waals surface area contributed by atoms with Crippen LogP contribution in [0.3, 0.4) is 0 Å². The summed E-state index contributed by atoms with van der Waals surface area (Å²) in [6.07, 6.45) is 75.8. The first-order chi connectivity index (χ1) is 35.6. The van der Waals surface area contributed by atoms with Gasteiger partial charge in [0.2, 0.25) is 0 Å². The van der Waals surface area contributed by atoms with Crippen LogP contribution in [0, 0.1) is 0 Å². The Bertz CT molecular complexity index is 1750. The summed E-state index contributed by atoms with van der Waals surface area (Å²) in [7, 11) is 5.88. The van der Waals surface area contributed by atoms with Gasteiger partial charge in [-0.2, -0.15) is 0 Å². The molecule has 73 heavy (non-hydrogen) atoms. The summed E-state index contributed by atoms with van der Waals surface area (Å²) in [6, 6.07) is 0. The zero-order chi connectivity index (χ0) is 53.4.